The van der Waals surface area contributed by atoms with Gasteiger partial charge >= 0.3 is 5.97 Å². The van der Waals surface area contributed by atoms with Gasteiger partial charge in [0.25, 0.3) is 0 Å². The zero-order valence-corrected chi connectivity index (χ0v) is 21.2. The van der Waals surface area contributed by atoms with Crippen LogP contribution < -0.4 is 14.2 Å². The molecule has 6 rings (SSSR count). The van der Waals surface area contributed by atoms with E-state index in [1.54, 1.807) is 14.0 Å². The molecule has 0 bridgehead atoms. The van der Waals surface area contributed by atoms with E-state index in [0.29, 0.717) is 30.2 Å². The monoisotopic (exact) mass is 506 g/mol. The topological polar surface area (TPSA) is 94.6 Å². The maximum absolute atomic E-state index is 13.6. The number of esters is 1. The molecule has 2 amide bonds. The summed E-state index contributed by atoms with van der Waals surface area (Å²) >= 11 is 0. The second-order valence-corrected chi connectivity index (χ2v) is 9.96. The summed E-state index contributed by atoms with van der Waals surface area (Å²) in [6.45, 7) is 2.86. The van der Waals surface area contributed by atoms with E-state index in [1.807, 2.05) is 36.4 Å². The van der Waals surface area contributed by atoms with Crippen molar-refractivity contribution in [1.82, 2.24) is 9.80 Å². The van der Waals surface area contributed by atoms with E-state index in [1.165, 1.54) is 12.0 Å². The van der Waals surface area contributed by atoms with Gasteiger partial charge in [-0.25, -0.2) is 0 Å². The van der Waals surface area contributed by atoms with Crippen molar-refractivity contribution in [2.45, 2.75) is 37.8 Å². The Labute approximate surface area is 215 Å². The molecule has 0 spiro atoms. The lowest BCUT2D eigenvalue weighted by Crippen LogP contribution is -2.59. The number of rotatable bonds is 5. The van der Waals surface area contributed by atoms with Gasteiger partial charge in [0.1, 0.15) is 11.3 Å². The third-order valence-electron chi connectivity index (χ3n) is 8.46. The number of hydrogen-bond donors (Lipinski definition) is 0. The fourth-order valence-electron chi connectivity index (χ4n) is 6.92. The van der Waals surface area contributed by atoms with Crippen molar-refractivity contribution in [3.63, 3.8) is 0 Å². The Kier molecular flexibility index (Phi) is 5.63. The molecule has 0 N–H and O–H groups in total. The van der Waals surface area contributed by atoms with Gasteiger partial charge in [0.2, 0.25) is 18.6 Å². The third kappa shape index (κ3) is 3.22. The van der Waals surface area contributed by atoms with Crippen LogP contribution in [0.4, 0.5) is 0 Å². The molecule has 194 valence electrons. The molecule has 9 heteroatoms. The highest BCUT2D eigenvalue weighted by molar-refractivity contribution is 6.09. The average molecular weight is 507 g/mol. The molecule has 2 aromatic rings. The Balaban J connectivity index is 1.47. The van der Waals surface area contributed by atoms with E-state index >= 15 is 0 Å². The lowest BCUT2D eigenvalue weighted by Gasteiger charge is -2.44. The van der Waals surface area contributed by atoms with Crippen molar-refractivity contribution >= 4 is 17.8 Å². The lowest BCUT2D eigenvalue weighted by atomic mass is 9.75. The smallest absolute Gasteiger partial charge is 0.327 e. The highest BCUT2D eigenvalue weighted by Gasteiger charge is 2.72. The third-order valence-corrected chi connectivity index (χ3v) is 8.46. The van der Waals surface area contributed by atoms with Gasteiger partial charge in [-0.15, -0.1) is 0 Å². The lowest BCUT2D eigenvalue weighted by molar-refractivity contribution is -0.164. The summed E-state index contributed by atoms with van der Waals surface area (Å²) in [5, 5.41) is 0. The van der Waals surface area contributed by atoms with Crippen LogP contribution in [0.15, 0.2) is 36.4 Å². The van der Waals surface area contributed by atoms with Crippen LogP contribution in [0.3, 0.4) is 0 Å². The minimum atomic E-state index is -1.15. The maximum atomic E-state index is 13.6. The van der Waals surface area contributed by atoms with E-state index < -0.39 is 29.4 Å². The summed E-state index contributed by atoms with van der Waals surface area (Å²) in [5.41, 5.74) is 1.45. The maximum Gasteiger partial charge on any atom is 0.327 e. The number of carbonyl (C=O) groups is 3. The number of amides is 2. The molecule has 0 radical (unpaired) electrons. The molecule has 37 heavy (non-hydrogen) atoms. The van der Waals surface area contributed by atoms with Gasteiger partial charge in [-0.3, -0.25) is 24.2 Å². The number of ether oxygens (including phenoxy) is 4. The highest BCUT2D eigenvalue weighted by atomic mass is 16.7. The second kappa shape index (κ2) is 8.76. The summed E-state index contributed by atoms with van der Waals surface area (Å²) in [6.07, 6.45) is 2.16. The van der Waals surface area contributed by atoms with Gasteiger partial charge in [-0.2, -0.15) is 0 Å². The fourth-order valence-corrected chi connectivity index (χ4v) is 6.92. The first-order chi connectivity index (χ1) is 18.0. The number of likely N-dealkylation sites (tertiary alicyclic amines) is 1. The highest BCUT2D eigenvalue weighted by Crippen LogP contribution is 2.58. The molecule has 0 aliphatic carbocycles. The first-order valence-corrected chi connectivity index (χ1v) is 12.7. The van der Waals surface area contributed by atoms with Crippen molar-refractivity contribution in [2.24, 2.45) is 11.8 Å². The van der Waals surface area contributed by atoms with Crippen molar-refractivity contribution in [3.8, 4) is 28.4 Å². The molecule has 0 aromatic heterocycles. The summed E-state index contributed by atoms with van der Waals surface area (Å²) in [7, 11) is 2.96. The Hall–Kier alpha value is -3.59. The molecule has 4 aliphatic rings. The molecule has 0 saturated carbocycles. The molecule has 2 aromatic carbocycles. The van der Waals surface area contributed by atoms with Crippen LogP contribution in [0.1, 0.15) is 37.8 Å². The number of methoxy groups -OCH3 is 2. The predicted octanol–water partition coefficient (Wildman–Crippen LogP) is 3.16. The number of carbonyl (C=O) groups excluding carboxylic acids is 3. The molecule has 9 nitrogen and oxygen atoms in total. The number of piperidine rings is 1. The SMILES string of the molecule is CCN1C(=O)C2C(c3ccc(-c4ccc5c(c4)OCO5)c(OC)c3)N3CCCC[C@@]3(C(=O)OC)C2C1=O. The Morgan fingerprint density at radius 2 is 1.86 bits per heavy atom. The Morgan fingerprint density at radius 3 is 2.62 bits per heavy atom. The van der Waals surface area contributed by atoms with Gasteiger partial charge in [0.05, 0.1) is 26.1 Å². The molecule has 3 unspecified atom stereocenters. The molecular weight excluding hydrogens is 476 g/mol. The molecule has 4 aliphatic heterocycles. The van der Waals surface area contributed by atoms with Gasteiger partial charge in [-0.05, 0) is 62.1 Å². The largest absolute Gasteiger partial charge is 0.496 e. The van der Waals surface area contributed by atoms with Crippen LogP contribution in [-0.4, -0.2) is 67.2 Å². The first-order valence-electron chi connectivity index (χ1n) is 12.7. The van der Waals surface area contributed by atoms with Gasteiger partial charge in [0.15, 0.2) is 11.5 Å². The van der Waals surface area contributed by atoms with Crippen LogP contribution >= 0.6 is 0 Å². The standard InChI is InChI=1S/C28H30N2O7/c1-4-29-25(31)22-23(26(29)32)28(27(33)35-3)11-5-6-12-30(28)24(22)17-7-9-18(20(14-17)34-2)16-8-10-19-21(13-16)37-15-36-19/h7-10,13-14,22-24H,4-6,11-12,15H2,1-3H3/t22?,23?,24?,28-/m0/s1. The number of hydrogen-bond acceptors (Lipinski definition) is 8. The molecule has 3 fully saturated rings. The minimum absolute atomic E-state index is 0.193. The molecular formula is C28H30N2O7. The predicted molar refractivity (Wildman–Crippen MR) is 132 cm³/mol. The Bertz CT molecular complexity index is 1290. The van der Waals surface area contributed by atoms with E-state index in [0.717, 1.165) is 29.5 Å². The summed E-state index contributed by atoms with van der Waals surface area (Å²) in [6, 6.07) is 11.1. The van der Waals surface area contributed by atoms with Crippen LogP contribution in [-0.2, 0) is 19.1 Å². The summed E-state index contributed by atoms with van der Waals surface area (Å²) in [4.78, 5) is 44.0. The van der Waals surface area contributed by atoms with Gasteiger partial charge < -0.3 is 18.9 Å². The zero-order valence-electron chi connectivity index (χ0n) is 21.2. The van der Waals surface area contributed by atoms with E-state index in [2.05, 4.69) is 4.90 Å². The number of fused-ring (bicyclic) bond motifs is 4. The van der Waals surface area contributed by atoms with Crippen molar-refractivity contribution < 1.29 is 33.3 Å². The van der Waals surface area contributed by atoms with Crippen molar-refractivity contribution in [1.29, 1.82) is 0 Å². The average Bonchev–Trinajstić information content (AvgIpc) is 3.59. The van der Waals surface area contributed by atoms with Crippen LogP contribution in [0.2, 0.25) is 0 Å². The van der Waals surface area contributed by atoms with Crippen LogP contribution in [0.25, 0.3) is 11.1 Å². The molecule has 4 heterocycles. The Morgan fingerprint density at radius 1 is 1.05 bits per heavy atom. The van der Waals surface area contributed by atoms with Crippen molar-refractivity contribution in [3.05, 3.63) is 42.0 Å². The van der Waals surface area contributed by atoms with E-state index in [-0.39, 0.29) is 25.2 Å². The minimum Gasteiger partial charge on any atom is -0.496 e. The normalized spacial score (nSPS) is 28.3. The van der Waals surface area contributed by atoms with Gasteiger partial charge in [0, 0.05) is 18.2 Å². The number of nitrogens with zero attached hydrogens (tertiary/aromatic N) is 2. The summed E-state index contributed by atoms with van der Waals surface area (Å²) in [5.74, 6) is -0.362. The van der Waals surface area contributed by atoms with E-state index in [4.69, 9.17) is 18.9 Å². The first kappa shape index (κ1) is 23.8. The summed E-state index contributed by atoms with van der Waals surface area (Å²) < 4.78 is 22.1. The zero-order chi connectivity index (χ0) is 25.9. The van der Waals surface area contributed by atoms with E-state index in [9.17, 15) is 14.4 Å². The van der Waals surface area contributed by atoms with Crippen LogP contribution in [0.5, 0.6) is 17.2 Å². The van der Waals surface area contributed by atoms with Crippen LogP contribution in [0, 0.1) is 11.8 Å². The van der Waals surface area contributed by atoms with Crippen molar-refractivity contribution in [2.75, 3.05) is 34.1 Å². The molecule has 4 atom stereocenters. The van der Waals surface area contributed by atoms with Gasteiger partial charge in [-0.1, -0.05) is 18.2 Å². The fraction of sp³-hybridized carbons (Fsp3) is 0.464. The number of imide groups is 1. The molecule has 3 saturated heterocycles. The number of benzene rings is 2. The quantitative estimate of drug-likeness (QED) is 0.451. The second-order valence-electron chi connectivity index (χ2n) is 9.96.